The number of hydrogen-bond acceptors (Lipinski definition) is 15. The molecule has 1 saturated heterocycles. The van der Waals surface area contributed by atoms with Crippen LogP contribution in [-0.4, -0.2) is 118 Å². The van der Waals surface area contributed by atoms with Crippen LogP contribution in [0.3, 0.4) is 0 Å². The van der Waals surface area contributed by atoms with Gasteiger partial charge in [0.05, 0.1) is 40.7 Å². The quantitative estimate of drug-likeness (QED) is 0.0635. The summed E-state index contributed by atoms with van der Waals surface area (Å²) >= 11 is 0. The second-order valence-electron chi connectivity index (χ2n) is 15.5. The molecular weight excluding hydrogens is 979 g/mol. The van der Waals surface area contributed by atoms with E-state index in [0.717, 1.165) is 86.5 Å². The van der Waals surface area contributed by atoms with Crippen LogP contribution in [0.5, 0.6) is 11.5 Å². The standard InChI is InChI=1S/C23H29F3N4O5S.C21H21F3N4O5S/c1-3-4-13-34-22(31)28-36(32,33)21-8-6-18(35-23(24,25)26)14-19(21)20-7-5-17(15-27-20)16-30-11-9-29(2)10-12-30;1-2-3-10-32-20(29)27-34(30,31)19-7-5-16(33-21(22,23)24)11-17(19)18-6-4-15(12-26-18)13-28-9-8-25-14-28/h5-8,14-15H,3-4,9-13,16H2,1-2H3,(H,28,31);4-9,11-12,14H,2-3,10,13H2,1H3,(H,27,29). The minimum absolute atomic E-state index is 0.0169. The molecule has 0 unspecified atom stereocenters. The van der Waals surface area contributed by atoms with Crippen LogP contribution in [0.1, 0.15) is 50.7 Å². The van der Waals surface area contributed by atoms with E-state index in [9.17, 15) is 52.8 Å². The van der Waals surface area contributed by atoms with Crippen molar-refractivity contribution in [2.45, 2.75) is 75.1 Å². The molecule has 0 bridgehead atoms. The molecule has 0 spiro atoms. The second kappa shape index (κ2) is 24.4. The predicted molar refractivity (Wildman–Crippen MR) is 240 cm³/mol. The van der Waals surface area contributed by atoms with Crippen molar-refractivity contribution in [1.82, 2.24) is 38.8 Å². The summed E-state index contributed by atoms with van der Waals surface area (Å²) in [6, 6.07) is 11.7. The number of unbranched alkanes of at least 4 members (excludes halogenated alkanes) is 2. The first kappa shape index (κ1) is 54.4. The molecule has 0 radical (unpaired) electrons. The Balaban J connectivity index is 0.000000261. The van der Waals surface area contributed by atoms with E-state index >= 15 is 0 Å². The van der Waals surface area contributed by atoms with E-state index in [-0.39, 0.29) is 35.7 Å². The van der Waals surface area contributed by atoms with Crippen molar-refractivity contribution < 1.29 is 71.7 Å². The topological polar surface area (TPSA) is 213 Å². The molecule has 4 heterocycles. The van der Waals surface area contributed by atoms with Gasteiger partial charge in [-0.2, -0.15) is 0 Å². The van der Waals surface area contributed by atoms with Gasteiger partial charge in [0.1, 0.15) is 11.5 Å². The lowest BCUT2D eigenvalue weighted by molar-refractivity contribution is -0.275. The van der Waals surface area contributed by atoms with E-state index in [4.69, 9.17) is 9.47 Å². The number of nitrogens with zero attached hydrogens (tertiary/aromatic N) is 6. The number of imidazole rings is 1. The molecule has 1 aliphatic heterocycles. The summed E-state index contributed by atoms with van der Waals surface area (Å²) in [5, 5.41) is 0. The van der Waals surface area contributed by atoms with E-state index in [2.05, 4.69) is 41.3 Å². The molecule has 6 rings (SSSR count). The number of likely N-dealkylation sites (N-methyl/N-ethyl adjacent to an activating group) is 1. The van der Waals surface area contributed by atoms with Gasteiger partial charge in [0.25, 0.3) is 20.0 Å². The van der Waals surface area contributed by atoms with Crippen molar-refractivity contribution in [2.75, 3.05) is 46.4 Å². The highest BCUT2D eigenvalue weighted by atomic mass is 32.2. The predicted octanol–water partition coefficient (Wildman–Crippen LogP) is 7.72. The van der Waals surface area contributed by atoms with Gasteiger partial charge in [-0.3, -0.25) is 14.9 Å². The molecule has 380 valence electrons. The molecule has 1 fully saturated rings. The molecule has 2 aromatic carbocycles. The zero-order chi connectivity index (χ0) is 51.1. The fourth-order valence-corrected chi connectivity index (χ4v) is 8.68. The Kier molecular flexibility index (Phi) is 18.9. The first-order chi connectivity index (χ1) is 33.0. The molecule has 1 aliphatic rings. The molecule has 26 heteroatoms. The Bertz CT molecular complexity index is 2720. The summed E-state index contributed by atoms with van der Waals surface area (Å²) in [4.78, 5) is 39.8. The molecule has 0 atom stereocenters. The van der Waals surface area contributed by atoms with Gasteiger partial charge in [0.15, 0.2) is 0 Å². The van der Waals surface area contributed by atoms with Crippen LogP contribution >= 0.6 is 0 Å². The number of piperazine rings is 1. The molecule has 70 heavy (non-hydrogen) atoms. The number of alkyl halides is 6. The molecule has 2 amide bonds. The van der Waals surface area contributed by atoms with Crippen molar-refractivity contribution in [3.05, 3.63) is 103 Å². The van der Waals surface area contributed by atoms with Crippen LogP contribution in [0, 0.1) is 0 Å². The van der Waals surface area contributed by atoms with Crippen LogP contribution in [0.25, 0.3) is 22.5 Å². The maximum Gasteiger partial charge on any atom is 0.573 e. The summed E-state index contributed by atoms with van der Waals surface area (Å²) in [6.07, 6.45) is -1.84. The zero-order valence-electron chi connectivity index (χ0n) is 38.0. The Morgan fingerprint density at radius 3 is 1.50 bits per heavy atom. The number of pyridine rings is 2. The number of halogens is 6. The Labute approximate surface area is 400 Å². The maximum atomic E-state index is 12.9. The number of rotatable bonds is 18. The molecule has 5 aromatic rings. The number of benzene rings is 2. The zero-order valence-corrected chi connectivity index (χ0v) is 39.6. The molecule has 0 saturated carbocycles. The largest absolute Gasteiger partial charge is 0.573 e. The first-order valence-corrected chi connectivity index (χ1v) is 24.5. The Hall–Kier alpha value is -6.51. The van der Waals surface area contributed by atoms with Crippen molar-refractivity contribution in [3.8, 4) is 34.0 Å². The van der Waals surface area contributed by atoms with Crippen molar-refractivity contribution in [2.24, 2.45) is 0 Å². The Morgan fingerprint density at radius 2 is 1.11 bits per heavy atom. The second-order valence-corrected chi connectivity index (χ2v) is 18.8. The monoisotopic (exact) mass is 1030 g/mol. The third-order valence-corrected chi connectivity index (χ3v) is 12.7. The molecule has 0 aliphatic carbocycles. The summed E-state index contributed by atoms with van der Waals surface area (Å²) in [6.45, 7) is 8.49. The number of sulfonamides is 2. The van der Waals surface area contributed by atoms with Crippen molar-refractivity contribution in [1.29, 1.82) is 0 Å². The van der Waals surface area contributed by atoms with Crippen LogP contribution in [0.2, 0.25) is 0 Å². The van der Waals surface area contributed by atoms with Gasteiger partial charge in [0, 0.05) is 75.2 Å². The van der Waals surface area contributed by atoms with Gasteiger partial charge in [-0.25, -0.2) is 40.9 Å². The molecule has 2 N–H and O–H groups in total. The SMILES string of the molecule is CCCCOC(=O)NS(=O)(=O)c1ccc(OC(F)(F)F)cc1-c1ccc(CN2CCN(C)CC2)cn1.CCCCOC(=O)NS(=O)(=O)c1ccc(OC(F)(F)F)cc1-c1ccc(Cn2ccnc2)cn1. The fraction of sp³-hybridized carbons (Fsp3) is 0.386. The lowest BCUT2D eigenvalue weighted by Crippen LogP contribution is -2.43. The number of carbonyl (C=O) groups is 2. The number of carbonyl (C=O) groups excluding carboxylic acids is 2. The number of ether oxygens (including phenoxy) is 4. The highest BCUT2D eigenvalue weighted by molar-refractivity contribution is 7.90. The molecule has 18 nitrogen and oxygen atoms in total. The van der Waals surface area contributed by atoms with E-state index < -0.39 is 66.2 Å². The third kappa shape index (κ3) is 17.2. The smallest absolute Gasteiger partial charge is 0.449 e. The van der Waals surface area contributed by atoms with Crippen LogP contribution < -0.4 is 18.9 Å². The van der Waals surface area contributed by atoms with E-state index in [1.807, 2.05) is 13.8 Å². The van der Waals surface area contributed by atoms with Gasteiger partial charge >= 0.3 is 24.9 Å². The highest BCUT2D eigenvalue weighted by Crippen LogP contribution is 2.34. The molecule has 3 aromatic heterocycles. The van der Waals surface area contributed by atoms with Gasteiger partial charge in [0.2, 0.25) is 0 Å². The fourth-order valence-electron chi connectivity index (χ4n) is 6.50. The average Bonchev–Trinajstić information content (AvgIpc) is 3.80. The summed E-state index contributed by atoms with van der Waals surface area (Å²) in [5.41, 5.74) is 1.42. The van der Waals surface area contributed by atoms with E-state index in [1.165, 1.54) is 18.3 Å². The Morgan fingerprint density at radius 1 is 0.657 bits per heavy atom. The minimum Gasteiger partial charge on any atom is -0.449 e. The van der Waals surface area contributed by atoms with Crippen molar-refractivity contribution in [3.63, 3.8) is 0 Å². The lowest BCUT2D eigenvalue weighted by atomic mass is 10.1. The van der Waals surface area contributed by atoms with Crippen LogP contribution in [0.15, 0.2) is 102 Å². The van der Waals surface area contributed by atoms with Gasteiger partial charge in [-0.1, -0.05) is 38.8 Å². The number of hydrogen-bond donors (Lipinski definition) is 2. The summed E-state index contributed by atoms with van der Waals surface area (Å²) in [5.74, 6) is -1.26. The summed E-state index contributed by atoms with van der Waals surface area (Å²) < 4.78 is 151. The van der Waals surface area contributed by atoms with Gasteiger partial charge < -0.3 is 28.4 Å². The first-order valence-electron chi connectivity index (χ1n) is 21.5. The van der Waals surface area contributed by atoms with E-state index in [0.29, 0.717) is 25.9 Å². The number of amides is 2. The highest BCUT2D eigenvalue weighted by Gasteiger charge is 2.34. The maximum absolute atomic E-state index is 12.9. The number of nitrogens with one attached hydrogen (secondary N) is 2. The average molecular weight is 1030 g/mol. The summed E-state index contributed by atoms with van der Waals surface area (Å²) in [7, 11) is -6.94. The normalized spacial score (nSPS) is 13.7. The van der Waals surface area contributed by atoms with Crippen LogP contribution in [0.4, 0.5) is 35.9 Å². The van der Waals surface area contributed by atoms with Gasteiger partial charge in [-0.15, -0.1) is 26.3 Å². The van der Waals surface area contributed by atoms with E-state index in [1.54, 1.807) is 51.1 Å². The van der Waals surface area contributed by atoms with Crippen LogP contribution in [-0.2, 0) is 42.6 Å². The van der Waals surface area contributed by atoms with Crippen molar-refractivity contribution >= 4 is 32.2 Å². The minimum atomic E-state index is -4.99. The third-order valence-electron chi connectivity index (χ3n) is 9.97. The molecular formula is C44H50F6N8O10S2. The lowest BCUT2D eigenvalue weighted by Gasteiger charge is -2.32. The van der Waals surface area contributed by atoms with Gasteiger partial charge in [-0.05, 0) is 79.5 Å². The number of aromatic nitrogens is 4.